The smallest absolute Gasteiger partial charge is 0.275 e. The summed E-state index contributed by atoms with van der Waals surface area (Å²) in [5, 5.41) is 17.5. The molecule has 0 aliphatic carbocycles. The number of anilines is 2. The summed E-state index contributed by atoms with van der Waals surface area (Å²) >= 11 is 1.43. The average Bonchev–Trinajstić information content (AvgIpc) is 3.34. The maximum absolute atomic E-state index is 12.8. The Kier molecular flexibility index (Phi) is 7.08. The lowest BCUT2D eigenvalue weighted by Crippen LogP contribution is -2.34. The highest BCUT2D eigenvalue weighted by Gasteiger charge is 2.22. The SMILES string of the molecule is O=C(Nc1ccccc1C(=O)NCc1ccncc1)c1csc(N2CCC(CO)CC2)n1. The number of piperidine rings is 1. The van der Waals surface area contributed by atoms with Gasteiger partial charge < -0.3 is 20.6 Å². The molecule has 4 rings (SSSR count). The van der Waals surface area contributed by atoms with Gasteiger partial charge in [-0.25, -0.2) is 4.98 Å². The summed E-state index contributed by atoms with van der Waals surface area (Å²) in [4.78, 5) is 36.1. The molecule has 1 fully saturated rings. The van der Waals surface area contributed by atoms with Crippen LogP contribution in [0.5, 0.6) is 0 Å². The van der Waals surface area contributed by atoms with Gasteiger partial charge in [-0.15, -0.1) is 11.3 Å². The van der Waals surface area contributed by atoms with Crippen LogP contribution in [-0.2, 0) is 6.54 Å². The molecule has 9 heteroatoms. The van der Waals surface area contributed by atoms with E-state index in [9.17, 15) is 14.7 Å². The van der Waals surface area contributed by atoms with Crippen LogP contribution in [0.2, 0.25) is 0 Å². The van der Waals surface area contributed by atoms with Crippen LogP contribution in [0.15, 0.2) is 54.2 Å². The van der Waals surface area contributed by atoms with Gasteiger partial charge >= 0.3 is 0 Å². The summed E-state index contributed by atoms with van der Waals surface area (Å²) in [6.07, 6.45) is 5.18. The highest BCUT2D eigenvalue weighted by molar-refractivity contribution is 7.14. The van der Waals surface area contributed by atoms with Gasteiger partial charge in [0.25, 0.3) is 11.8 Å². The topological polar surface area (TPSA) is 107 Å². The van der Waals surface area contributed by atoms with E-state index in [4.69, 9.17) is 0 Å². The molecule has 0 radical (unpaired) electrons. The van der Waals surface area contributed by atoms with Crippen molar-refractivity contribution in [2.24, 2.45) is 5.92 Å². The van der Waals surface area contributed by atoms with Crippen LogP contribution in [0.4, 0.5) is 10.8 Å². The van der Waals surface area contributed by atoms with Gasteiger partial charge in [0.1, 0.15) is 5.69 Å². The van der Waals surface area contributed by atoms with Crippen molar-refractivity contribution in [1.29, 1.82) is 0 Å². The van der Waals surface area contributed by atoms with E-state index in [0.29, 0.717) is 29.4 Å². The van der Waals surface area contributed by atoms with E-state index in [0.717, 1.165) is 36.6 Å². The summed E-state index contributed by atoms with van der Waals surface area (Å²) in [7, 11) is 0. The second-order valence-electron chi connectivity index (χ2n) is 7.67. The number of nitrogens with one attached hydrogen (secondary N) is 2. The first-order valence-electron chi connectivity index (χ1n) is 10.5. The molecule has 0 bridgehead atoms. The lowest BCUT2D eigenvalue weighted by Gasteiger charge is -2.30. The molecule has 1 aromatic carbocycles. The fourth-order valence-corrected chi connectivity index (χ4v) is 4.43. The molecule has 0 atom stereocenters. The fraction of sp³-hybridized carbons (Fsp3) is 0.304. The minimum absolute atomic E-state index is 0.217. The molecule has 8 nitrogen and oxygen atoms in total. The molecule has 166 valence electrons. The van der Waals surface area contributed by atoms with E-state index in [1.54, 1.807) is 42.0 Å². The van der Waals surface area contributed by atoms with Crippen molar-refractivity contribution in [3.63, 3.8) is 0 Å². The lowest BCUT2D eigenvalue weighted by molar-refractivity contribution is 0.0951. The number of nitrogens with zero attached hydrogens (tertiary/aromatic N) is 3. The third kappa shape index (κ3) is 5.30. The number of aliphatic hydroxyl groups excluding tert-OH is 1. The maximum Gasteiger partial charge on any atom is 0.275 e. The van der Waals surface area contributed by atoms with E-state index in [-0.39, 0.29) is 18.4 Å². The van der Waals surface area contributed by atoms with Gasteiger partial charge in [-0.3, -0.25) is 14.6 Å². The first kappa shape index (κ1) is 21.9. The number of pyridine rings is 1. The number of rotatable bonds is 7. The predicted octanol–water partition coefficient (Wildman–Crippen LogP) is 2.93. The standard InChI is InChI=1S/C23H25N5O3S/c29-14-17-7-11-28(12-8-17)23-27-20(15-32-23)22(31)26-19-4-2-1-3-18(19)21(30)25-13-16-5-9-24-10-6-16/h1-6,9-10,15,17,29H,7-8,11-14H2,(H,25,30)(H,26,31). The van der Waals surface area contributed by atoms with E-state index in [1.807, 2.05) is 12.1 Å². The van der Waals surface area contributed by atoms with E-state index in [1.165, 1.54) is 11.3 Å². The number of thiazole rings is 1. The Hall–Kier alpha value is -3.30. The number of carbonyl (C=O) groups is 2. The first-order valence-corrected chi connectivity index (χ1v) is 11.4. The summed E-state index contributed by atoms with van der Waals surface area (Å²) in [6.45, 7) is 2.22. The van der Waals surface area contributed by atoms with E-state index < -0.39 is 0 Å². The Labute approximate surface area is 190 Å². The Balaban J connectivity index is 1.40. The zero-order chi connectivity index (χ0) is 22.3. The summed E-state index contributed by atoms with van der Waals surface area (Å²) in [5.41, 5.74) is 2.08. The van der Waals surface area contributed by atoms with Gasteiger partial charge in [-0.1, -0.05) is 12.1 Å². The molecular formula is C23H25N5O3S. The third-order valence-corrected chi connectivity index (χ3v) is 6.39. The number of aromatic nitrogens is 2. The van der Waals surface area contributed by atoms with Crippen LogP contribution in [0, 0.1) is 5.92 Å². The molecule has 1 saturated heterocycles. The summed E-state index contributed by atoms with van der Waals surface area (Å²) in [6, 6.07) is 10.6. The Morgan fingerprint density at radius 2 is 1.84 bits per heavy atom. The number of carbonyl (C=O) groups excluding carboxylic acids is 2. The summed E-state index contributed by atoms with van der Waals surface area (Å²) < 4.78 is 0. The third-order valence-electron chi connectivity index (χ3n) is 5.49. The monoisotopic (exact) mass is 451 g/mol. The first-order chi connectivity index (χ1) is 15.6. The van der Waals surface area contributed by atoms with E-state index in [2.05, 4.69) is 25.5 Å². The molecule has 1 aliphatic rings. The Morgan fingerprint density at radius 3 is 2.59 bits per heavy atom. The number of para-hydroxylation sites is 1. The van der Waals surface area contributed by atoms with Crippen LogP contribution in [0.1, 0.15) is 39.3 Å². The predicted molar refractivity (Wildman–Crippen MR) is 124 cm³/mol. The Morgan fingerprint density at radius 1 is 1.09 bits per heavy atom. The van der Waals surface area contributed by atoms with Crippen LogP contribution in [-0.4, -0.2) is 46.6 Å². The minimum Gasteiger partial charge on any atom is -0.396 e. The maximum atomic E-state index is 12.8. The molecule has 2 aromatic heterocycles. The molecule has 2 amide bonds. The van der Waals surface area contributed by atoms with Crippen molar-refractivity contribution in [3.05, 3.63) is 71.0 Å². The van der Waals surface area contributed by atoms with Crippen molar-refractivity contribution >= 4 is 34.0 Å². The van der Waals surface area contributed by atoms with Gasteiger partial charge in [-0.2, -0.15) is 0 Å². The number of hydrogen-bond acceptors (Lipinski definition) is 7. The van der Waals surface area contributed by atoms with Gasteiger partial charge in [-0.05, 0) is 48.6 Å². The molecular weight excluding hydrogens is 426 g/mol. The van der Waals surface area contributed by atoms with Crippen LogP contribution < -0.4 is 15.5 Å². The highest BCUT2D eigenvalue weighted by Crippen LogP contribution is 2.27. The number of hydrogen-bond donors (Lipinski definition) is 3. The van der Waals surface area contributed by atoms with Crippen LogP contribution in [0.25, 0.3) is 0 Å². The molecule has 0 unspecified atom stereocenters. The Bertz CT molecular complexity index is 1060. The average molecular weight is 452 g/mol. The number of aliphatic hydroxyl groups is 1. The largest absolute Gasteiger partial charge is 0.396 e. The van der Waals surface area contributed by atoms with Gasteiger partial charge in [0.2, 0.25) is 0 Å². The summed E-state index contributed by atoms with van der Waals surface area (Å²) in [5.74, 6) is -0.286. The van der Waals surface area contributed by atoms with Crippen LogP contribution in [0.3, 0.4) is 0 Å². The molecule has 3 N–H and O–H groups in total. The molecule has 32 heavy (non-hydrogen) atoms. The second kappa shape index (κ2) is 10.3. The molecule has 3 aromatic rings. The number of amides is 2. The van der Waals surface area contributed by atoms with Crippen molar-refractivity contribution in [1.82, 2.24) is 15.3 Å². The van der Waals surface area contributed by atoms with Gasteiger partial charge in [0, 0.05) is 44.0 Å². The van der Waals surface area contributed by atoms with Gasteiger partial charge in [0.05, 0.1) is 11.3 Å². The van der Waals surface area contributed by atoms with Crippen molar-refractivity contribution < 1.29 is 14.7 Å². The van der Waals surface area contributed by atoms with Crippen molar-refractivity contribution in [2.45, 2.75) is 19.4 Å². The van der Waals surface area contributed by atoms with E-state index >= 15 is 0 Å². The van der Waals surface area contributed by atoms with Gasteiger partial charge in [0.15, 0.2) is 5.13 Å². The van der Waals surface area contributed by atoms with Crippen molar-refractivity contribution in [3.8, 4) is 0 Å². The molecule has 0 spiro atoms. The zero-order valence-corrected chi connectivity index (χ0v) is 18.3. The lowest BCUT2D eigenvalue weighted by atomic mass is 9.98. The molecule has 1 aliphatic heterocycles. The molecule has 0 saturated carbocycles. The molecule has 3 heterocycles. The zero-order valence-electron chi connectivity index (χ0n) is 17.5. The van der Waals surface area contributed by atoms with Crippen molar-refractivity contribution in [2.75, 3.05) is 29.9 Å². The fourth-order valence-electron chi connectivity index (χ4n) is 3.58. The van der Waals surface area contributed by atoms with Crippen LogP contribution >= 0.6 is 11.3 Å². The highest BCUT2D eigenvalue weighted by atomic mass is 32.1. The normalized spacial score (nSPS) is 14.2. The number of benzene rings is 1. The minimum atomic E-state index is -0.355. The quantitative estimate of drug-likeness (QED) is 0.510. The second-order valence-corrected chi connectivity index (χ2v) is 8.50.